The number of hydrogen-bond donors (Lipinski definition) is 1. The molecule has 0 aliphatic rings. The first-order valence-corrected chi connectivity index (χ1v) is 8.60. The quantitative estimate of drug-likeness (QED) is 0.595. The molecule has 7 heteroatoms. The van der Waals surface area contributed by atoms with Crippen LogP contribution in [0.25, 0.3) is 16.7 Å². The number of carbonyl (C=O) groups excluding carboxylic acids is 1. The van der Waals surface area contributed by atoms with Gasteiger partial charge in [-0.3, -0.25) is 9.20 Å². The Bertz CT molecular complexity index is 1130. The summed E-state index contributed by atoms with van der Waals surface area (Å²) in [5, 5.41) is 11.0. The van der Waals surface area contributed by atoms with E-state index in [9.17, 15) is 4.79 Å². The van der Waals surface area contributed by atoms with Crippen LogP contribution in [-0.2, 0) is 4.79 Å². The molecule has 27 heavy (non-hydrogen) atoms. The van der Waals surface area contributed by atoms with Gasteiger partial charge in [0.25, 0.3) is 5.88 Å². The summed E-state index contributed by atoms with van der Waals surface area (Å²) in [6.45, 7) is 5.61. The van der Waals surface area contributed by atoms with Crippen LogP contribution >= 0.6 is 0 Å². The summed E-state index contributed by atoms with van der Waals surface area (Å²) in [7, 11) is 0. The van der Waals surface area contributed by atoms with Crippen molar-refractivity contribution in [1.82, 2.24) is 19.6 Å². The summed E-state index contributed by atoms with van der Waals surface area (Å²) in [5.74, 6) is 0.923. The van der Waals surface area contributed by atoms with E-state index >= 15 is 0 Å². The fourth-order valence-corrected chi connectivity index (χ4v) is 2.58. The SMILES string of the molecule is CC(C)(C)C(=O)Nc1ccc(Oc2nc3ccccc3n3cnnc23)cc1. The zero-order chi connectivity index (χ0) is 19.0. The number of anilines is 1. The Morgan fingerprint density at radius 3 is 2.56 bits per heavy atom. The first-order valence-electron chi connectivity index (χ1n) is 8.60. The van der Waals surface area contributed by atoms with E-state index in [4.69, 9.17) is 4.74 Å². The first-order chi connectivity index (χ1) is 12.9. The molecule has 2 aromatic heterocycles. The van der Waals surface area contributed by atoms with Crippen molar-refractivity contribution in [2.45, 2.75) is 20.8 Å². The predicted molar refractivity (Wildman–Crippen MR) is 103 cm³/mol. The van der Waals surface area contributed by atoms with Gasteiger partial charge in [-0.15, -0.1) is 10.2 Å². The largest absolute Gasteiger partial charge is 0.436 e. The molecule has 0 aliphatic carbocycles. The number of nitrogens with one attached hydrogen (secondary N) is 1. The van der Waals surface area contributed by atoms with Crippen LogP contribution < -0.4 is 10.1 Å². The molecule has 7 nitrogen and oxygen atoms in total. The van der Waals surface area contributed by atoms with E-state index in [-0.39, 0.29) is 5.91 Å². The third-order valence-corrected chi connectivity index (χ3v) is 4.11. The summed E-state index contributed by atoms with van der Waals surface area (Å²) in [6, 6.07) is 14.9. The van der Waals surface area contributed by atoms with Crippen LogP contribution in [0.15, 0.2) is 54.9 Å². The molecule has 0 unspecified atom stereocenters. The zero-order valence-corrected chi connectivity index (χ0v) is 15.3. The number of para-hydroxylation sites is 2. The number of fused-ring (bicyclic) bond motifs is 3. The Hall–Kier alpha value is -3.48. The van der Waals surface area contributed by atoms with Crippen LogP contribution in [-0.4, -0.2) is 25.5 Å². The fourth-order valence-electron chi connectivity index (χ4n) is 2.58. The number of rotatable bonds is 3. The Kier molecular flexibility index (Phi) is 3.99. The van der Waals surface area contributed by atoms with Crippen LogP contribution in [0.1, 0.15) is 20.8 Å². The number of amides is 1. The summed E-state index contributed by atoms with van der Waals surface area (Å²) >= 11 is 0. The van der Waals surface area contributed by atoms with Crippen molar-refractivity contribution in [1.29, 1.82) is 0 Å². The molecular weight excluding hydrogens is 342 g/mol. The lowest BCUT2D eigenvalue weighted by molar-refractivity contribution is -0.123. The fraction of sp³-hybridized carbons (Fsp3) is 0.200. The molecule has 1 amide bonds. The first kappa shape index (κ1) is 17.0. The summed E-state index contributed by atoms with van der Waals surface area (Å²) in [5.41, 5.74) is 2.49. The van der Waals surface area contributed by atoms with E-state index in [2.05, 4.69) is 20.5 Å². The van der Waals surface area contributed by atoms with E-state index in [1.165, 1.54) is 0 Å². The smallest absolute Gasteiger partial charge is 0.266 e. The minimum atomic E-state index is -0.455. The highest BCUT2D eigenvalue weighted by atomic mass is 16.5. The summed E-state index contributed by atoms with van der Waals surface area (Å²) < 4.78 is 7.78. The average molecular weight is 361 g/mol. The highest BCUT2D eigenvalue weighted by Crippen LogP contribution is 2.27. The maximum absolute atomic E-state index is 12.1. The molecular formula is C20H19N5O2. The van der Waals surface area contributed by atoms with Gasteiger partial charge in [-0.25, -0.2) is 4.98 Å². The van der Waals surface area contributed by atoms with Crippen molar-refractivity contribution in [3.05, 3.63) is 54.9 Å². The second-order valence-electron chi connectivity index (χ2n) is 7.26. The normalized spacial score (nSPS) is 11.7. The number of ether oxygens (including phenoxy) is 1. The third kappa shape index (κ3) is 3.31. The van der Waals surface area contributed by atoms with Crippen molar-refractivity contribution in [2.75, 3.05) is 5.32 Å². The van der Waals surface area contributed by atoms with Gasteiger partial charge in [-0.1, -0.05) is 32.9 Å². The summed E-state index contributed by atoms with van der Waals surface area (Å²) in [6.07, 6.45) is 1.64. The Morgan fingerprint density at radius 2 is 1.81 bits per heavy atom. The Balaban J connectivity index is 1.62. The lowest BCUT2D eigenvalue weighted by Gasteiger charge is -2.17. The highest BCUT2D eigenvalue weighted by Gasteiger charge is 2.21. The standard InChI is InChI=1S/C20H19N5O2/c1-20(2,3)19(26)22-13-8-10-14(11-9-13)27-18-17-24-21-12-25(17)16-7-5-4-6-15(16)23-18/h4-12H,1-3H3,(H,22,26). The van der Waals surface area contributed by atoms with Crippen LogP contribution in [0.4, 0.5) is 5.69 Å². The van der Waals surface area contributed by atoms with Gasteiger partial charge in [0, 0.05) is 11.1 Å². The number of aromatic nitrogens is 4. The van der Waals surface area contributed by atoms with E-state index in [1.54, 1.807) is 30.6 Å². The van der Waals surface area contributed by atoms with Gasteiger partial charge in [-0.2, -0.15) is 0 Å². The van der Waals surface area contributed by atoms with Crippen molar-refractivity contribution >= 4 is 28.3 Å². The van der Waals surface area contributed by atoms with Crippen LogP contribution in [0.2, 0.25) is 0 Å². The molecule has 136 valence electrons. The molecule has 4 aromatic rings. The van der Waals surface area contributed by atoms with E-state index in [1.807, 2.05) is 49.4 Å². The summed E-state index contributed by atoms with van der Waals surface area (Å²) in [4.78, 5) is 16.6. The lowest BCUT2D eigenvalue weighted by Crippen LogP contribution is -2.27. The molecule has 4 rings (SSSR count). The zero-order valence-electron chi connectivity index (χ0n) is 15.3. The van der Waals surface area contributed by atoms with Crippen molar-refractivity contribution in [2.24, 2.45) is 5.41 Å². The maximum atomic E-state index is 12.1. The molecule has 0 radical (unpaired) electrons. The minimum absolute atomic E-state index is 0.0440. The molecule has 0 fully saturated rings. The van der Waals surface area contributed by atoms with Gasteiger partial charge in [0.1, 0.15) is 12.1 Å². The molecule has 0 bridgehead atoms. The molecule has 0 atom stereocenters. The Labute approximate surface area is 156 Å². The highest BCUT2D eigenvalue weighted by molar-refractivity contribution is 5.94. The number of carbonyl (C=O) groups is 1. The second kappa shape index (κ2) is 6.35. The van der Waals surface area contributed by atoms with Crippen molar-refractivity contribution in [3.63, 3.8) is 0 Å². The lowest BCUT2D eigenvalue weighted by atomic mass is 9.95. The van der Waals surface area contributed by atoms with Gasteiger partial charge < -0.3 is 10.1 Å². The molecule has 2 heterocycles. The average Bonchev–Trinajstić information content (AvgIpc) is 3.13. The number of nitrogens with zero attached hydrogens (tertiary/aromatic N) is 4. The van der Waals surface area contributed by atoms with Gasteiger partial charge >= 0.3 is 0 Å². The van der Waals surface area contributed by atoms with Crippen LogP contribution in [0.5, 0.6) is 11.6 Å². The molecule has 2 aromatic carbocycles. The Morgan fingerprint density at radius 1 is 1.07 bits per heavy atom. The van der Waals surface area contributed by atoms with Gasteiger partial charge in [-0.05, 0) is 36.4 Å². The predicted octanol–water partition coefficient (Wildman–Crippen LogP) is 4.05. The van der Waals surface area contributed by atoms with Gasteiger partial charge in [0.2, 0.25) is 11.6 Å². The van der Waals surface area contributed by atoms with E-state index < -0.39 is 5.41 Å². The van der Waals surface area contributed by atoms with Gasteiger partial charge in [0.05, 0.1) is 11.0 Å². The third-order valence-electron chi connectivity index (χ3n) is 4.11. The minimum Gasteiger partial charge on any atom is -0.436 e. The number of hydrogen-bond acceptors (Lipinski definition) is 5. The van der Waals surface area contributed by atoms with Gasteiger partial charge in [0.15, 0.2) is 0 Å². The molecule has 0 saturated heterocycles. The molecule has 0 aliphatic heterocycles. The topological polar surface area (TPSA) is 81.4 Å². The van der Waals surface area contributed by atoms with E-state index in [0.29, 0.717) is 23.0 Å². The molecule has 0 saturated carbocycles. The monoisotopic (exact) mass is 361 g/mol. The van der Waals surface area contributed by atoms with Crippen molar-refractivity contribution < 1.29 is 9.53 Å². The second-order valence-corrected chi connectivity index (χ2v) is 7.26. The van der Waals surface area contributed by atoms with E-state index in [0.717, 1.165) is 11.0 Å². The number of benzene rings is 2. The van der Waals surface area contributed by atoms with Crippen molar-refractivity contribution in [3.8, 4) is 11.6 Å². The van der Waals surface area contributed by atoms with Crippen LogP contribution in [0.3, 0.4) is 0 Å². The molecule has 1 N–H and O–H groups in total. The van der Waals surface area contributed by atoms with Crippen LogP contribution in [0, 0.1) is 5.41 Å². The molecule has 0 spiro atoms. The maximum Gasteiger partial charge on any atom is 0.266 e.